The van der Waals surface area contributed by atoms with Crippen molar-refractivity contribution in [2.24, 2.45) is 0 Å². The van der Waals surface area contributed by atoms with Crippen LogP contribution < -0.4 is 15.0 Å². The van der Waals surface area contributed by atoms with Crippen LogP contribution in [-0.2, 0) is 4.79 Å². The lowest BCUT2D eigenvalue weighted by molar-refractivity contribution is -0.129. The number of nitrogens with zero attached hydrogens (tertiary/aromatic N) is 4. The minimum Gasteiger partial charge on any atom is -0.495 e. The number of piperazine rings is 1. The number of ether oxygens (including phenoxy) is 1. The van der Waals surface area contributed by atoms with Gasteiger partial charge in [0.1, 0.15) is 11.4 Å². The quantitative estimate of drug-likeness (QED) is 0.861. The number of benzene rings is 1. The molecule has 0 spiro atoms. The predicted octanol–water partition coefficient (Wildman–Crippen LogP) is 2.06. The fraction of sp³-hybridized carbons (Fsp3) is 0.333. The lowest BCUT2D eigenvalue weighted by Gasteiger charge is -2.34. The first-order valence-corrected chi connectivity index (χ1v) is 8.84. The summed E-state index contributed by atoms with van der Waals surface area (Å²) in [6.45, 7) is 4.00. The van der Waals surface area contributed by atoms with E-state index < -0.39 is 0 Å². The van der Waals surface area contributed by atoms with E-state index in [1.165, 1.54) is 7.11 Å². The monoisotopic (exact) mass is 389 g/mol. The summed E-state index contributed by atoms with van der Waals surface area (Å²) in [5, 5.41) is 3.24. The van der Waals surface area contributed by atoms with E-state index in [4.69, 9.17) is 16.3 Å². The van der Waals surface area contributed by atoms with Gasteiger partial charge in [-0.2, -0.15) is 0 Å². The Balaban J connectivity index is 1.73. The van der Waals surface area contributed by atoms with Crippen LogP contribution in [0.3, 0.4) is 0 Å². The number of rotatable bonds is 4. The van der Waals surface area contributed by atoms with Gasteiger partial charge in [-0.25, -0.2) is 9.97 Å². The first kappa shape index (κ1) is 18.9. The summed E-state index contributed by atoms with van der Waals surface area (Å²) in [6.07, 6.45) is 1.55. The number of nitrogens with one attached hydrogen (secondary N) is 1. The summed E-state index contributed by atoms with van der Waals surface area (Å²) < 4.78 is 5.24. The molecular weight excluding hydrogens is 370 g/mol. The lowest BCUT2D eigenvalue weighted by atomic mass is 10.2. The SMILES string of the molecule is COc1ccc(Cl)cc1NC(=O)c1ccnc(N2CCN(C(C)=O)CC2)n1. The van der Waals surface area contributed by atoms with Crippen molar-refractivity contribution < 1.29 is 14.3 Å². The van der Waals surface area contributed by atoms with E-state index in [2.05, 4.69) is 15.3 Å². The van der Waals surface area contributed by atoms with Gasteiger partial charge in [0.05, 0.1) is 12.8 Å². The summed E-state index contributed by atoms with van der Waals surface area (Å²) in [6, 6.07) is 6.51. The molecule has 3 rings (SSSR count). The van der Waals surface area contributed by atoms with Crippen molar-refractivity contribution in [3.63, 3.8) is 0 Å². The highest BCUT2D eigenvalue weighted by molar-refractivity contribution is 6.31. The molecule has 1 aliphatic heterocycles. The zero-order chi connectivity index (χ0) is 19.4. The van der Waals surface area contributed by atoms with Gasteiger partial charge in [0.25, 0.3) is 5.91 Å². The Labute approximate surface area is 162 Å². The molecule has 0 aliphatic carbocycles. The van der Waals surface area contributed by atoms with Gasteiger partial charge in [0.15, 0.2) is 0 Å². The average molecular weight is 390 g/mol. The second-order valence-electron chi connectivity index (χ2n) is 6.03. The molecule has 1 aromatic heterocycles. The van der Waals surface area contributed by atoms with Gasteiger partial charge < -0.3 is 19.9 Å². The van der Waals surface area contributed by atoms with E-state index in [9.17, 15) is 9.59 Å². The van der Waals surface area contributed by atoms with E-state index >= 15 is 0 Å². The molecule has 1 saturated heterocycles. The van der Waals surface area contributed by atoms with Gasteiger partial charge in [-0.15, -0.1) is 0 Å². The fourth-order valence-corrected chi connectivity index (χ4v) is 2.98. The van der Waals surface area contributed by atoms with E-state index in [1.807, 2.05) is 4.90 Å². The van der Waals surface area contributed by atoms with Crippen molar-refractivity contribution in [3.8, 4) is 5.75 Å². The van der Waals surface area contributed by atoms with Crippen molar-refractivity contribution in [2.45, 2.75) is 6.92 Å². The van der Waals surface area contributed by atoms with Crippen LogP contribution in [0.25, 0.3) is 0 Å². The van der Waals surface area contributed by atoms with Crippen molar-refractivity contribution in [1.29, 1.82) is 0 Å². The van der Waals surface area contributed by atoms with E-state index in [0.717, 1.165) is 0 Å². The maximum absolute atomic E-state index is 12.6. The minimum atomic E-state index is -0.387. The maximum atomic E-state index is 12.6. The molecule has 1 N–H and O–H groups in total. The van der Waals surface area contributed by atoms with Crippen molar-refractivity contribution in [2.75, 3.05) is 43.5 Å². The Kier molecular flexibility index (Phi) is 5.75. The van der Waals surface area contributed by atoms with Gasteiger partial charge in [-0.3, -0.25) is 9.59 Å². The smallest absolute Gasteiger partial charge is 0.274 e. The molecule has 0 radical (unpaired) electrons. The minimum absolute atomic E-state index is 0.0548. The van der Waals surface area contributed by atoms with Crippen LogP contribution in [0.2, 0.25) is 5.02 Å². The number of halogens is 1. The standard InChI is InChI=1S/C18H20ClN5O3/c1-12(25)23-7-9-24(10-8-23)18-20-6-5-14(22-18)17(26)21-15-11-13(19)3-4-16(15)27-2/h3-6,11H,7-10H2,1-2H3,(H,21,26). The molecule has 0 bridgehead atoms. The molecule has 0 saturated carbocycles. The topological polar surface area (TPSA) is 87.7 Å². The maximum Gasteiger partial charge on any atom is 0.274 e. The van der Waals surface area contributed by atoms with Gasteiger partial charge in [-0.05, 0) is 24.3 Å². The molecule has 1 aliphatic rings. The molecule has 27 heavy (non-hydrogen) atoms. The largest absolute Gasteiger partial charge is 0.495 e. The number of methoxy groups -OCH3 is 1. The first-order chi connectivity index (χ1) is 13.0. The number of anilines is 2. The van der Waals surface area contributed by atoms with Crippen LogP contribution in [0.15, 0.2) is 30.5 Å². The van der Waals surface area contributed by atoms with Crippen LogP contribution in [-0.4, -0.2) is 60.0 Å². The van der Waals surface area contributed by atoms with Crippen molar-refractivity contribution in [1.82, 2.24) is 14.9 Å². The highest BCUT2D eigenvalue weighted by Crippen LogP contribution is 2.28. The normalized spacial score (nSPS) is 14.0. The zero-order valence-electron chi connectivity index (χ0n) is 15.1. The van der Waals surface area contributed by atoms with Crippen LogP contribution in [0.1, 0.15) is 17.4 Å². The Morgan fingerprint density at radius 1 is 1.19 bits per heavy atom. The molecule has 8 nitrogen and oxygen atoms in total. The number of hydrogen-bond acceptors (Lipinski definition) is 6. The number of aromatic nitrogens is 2. The van der Waals surface area contributed by atoms with Crippen LogP contribution in [0.5, 0.6) is 5.75 Å². The lowest BCUT2D eigenvalue weighted by Crippen LogP contribution is -2.48. The van der Waals surface area contributed by atoms with Gasteiger partial charge in [0, 0.05) is 44.3 Å². The average Bonchev–Trinajstić information content (AvgIpc) is 2.68. The van der Waals surface area contributed by atoms with Gasteiger partial charge in [0.2, 0.25) is 11.9 Å². The summed E-state index contributed by atoms with van der Waals surface area (Å²) in [7, 11) is 1.52. The number of carbonyl (C=O) groups excluding carboxylic acids is 2. The number of amides is 2. The molecule has 0 atom stereocenters. The second-order valence-corrected chi connectivity index (χ2v) is 6.47. The van der Waals surface area contributed by atoms with E-state index in [0.29, 0.717) is 48.6 Å². The fourth-order valence-electron chi connectivity index (χ4n) is 2.81. The van der Waals surface area contributed by atoms with Crippen LogP contribution >= 0.6 is 11.6 Å². The summed E-state index contributed by atoms with van der Waals surface area (Å²) in [5.74, 6) is 0.632. The molecule has 1 aromatic carbocycles. The highest BCUT2D eigenvalue weighted by Gasteiger charge is 2.21. The first-order valence-electron chi connectivity index (χ1n) is 8.46. The molecule has 142 valence electrons. The van der Waals surface area contributed by atoms with E-state index in [-0.39, 0.29) is 17.5 Å². The Bertz CT molecular complexity index is 853. The molecule has 9 heteroatoms. The summed E-state index contributed by atoms with van der Waals surface area (Å²) >= 11 is 6.00. The third kappa shape index (κ3) is 4.46. The molecule has 0 unspecified atom stereocenters. The number of hydrogen-bond donors (Lipinski definition) is 1. The van der Waals surface area contributed by atoms with Gasteiger partial charge >= 0.3 is 0 Å². The third-order valence-corrected chi connectivity index (χ3v) is 4.53. The van der Waals surface area contributed by atoms with Crippen LogP contribution in [0, 0.1) is 0 Å². The van der Waals surface area contributed by atoms with Crippen LogP contribution in [0.4, 0.5) is 11.6 Å². The van der Waals surface area contributed by atoms with Crippen molar-refractivity contribution in [3.05, 3.63) is 41.2 Å². The Hall–Kier alpha value is -2.87. The molecule has 1 fully saturated rings. The number of carbonyl (C=O) groups is 2. The zero-order valence-corrected chi connectivity index (χ0v) is 15.9. The summed E-state index contributed by atoms with van der Waals surface area (Å²) in [4.78, 5) is 36.4. The van der Waals surface area contributed by atoms with Gasteiger partial charge in [-0.1, -0.05) is 11.6 Å². The van der Waals surface area contributed by atoms with E-state index in [1.54, 1.807) is 42.3 Å². The molecule has 2 aromatic rings. The van der Waals surface area contributed by atoms with Crippen molar-refractivity contribution >= 4 is 35.1 Å². The molecule has 2 heterocycles. The molecule has 2 amide bonds. The summed E-state index contributed by atoms with van der Waals surface area (Å²) in [5.41, 5.74) is 0.696. The Morgan fingerprint density at radius 3 is 2.59 bits per heavy atom. The second kappa shape index (κ2) is 8.22. The molecular formula is C18H20ClN5O3. The Morgan fingerprint density at radius 2 is 1.93 bits per heavy atom. The highest BCUT2D eigenvalue weighted by atomic mass is 35.5. The predicted molar refractivity (Wildman–Crippen MR) is 102 cm³/mol. The third-order valence-electron chi connectivity index (χ3n) is 4.29.